The monoisotopic (exact) mass is 274 g/mol. The van der Waals surface area contributed by atoms with Crippen LogP contribution in [0.25, 0.3) is 0 Å². The molecule has 0 aliphatic heterocycles. The van der Waals surface area contributed by atoms with Gasteiger partial charge in [0.1, 0.15) is 0 Å². The molecule has 0 radical (unpaired) electrons. The lowest BCUT2D eigenvalue weighted by Gasteiger charge is -2.32. The summed E-state index contributed by atoms with van der Waals surface area (Å²) in [5.41, 5.74) is 0. The van der Waals surface area contributed by atoms with Crippen LogP contribution in [0.15, 0.2) is 0 Å². The van der Waals surface area contributed by atoms with Crippen molar-refractivity contribution in [1.29, 1.82) is 0 Å². The lowest BCUT2D eigenvalue weighted by atomic mass is 10.2. The number of nitrogens with zero attached hydrogens (tertiary/aromatic N) is 1. The zero-order valence-corrected chi connectivity index (χ0v) is 12.6. The third-order valence-corrected chi connectivity index (χ3v) is 3.77. The first-order valence-electron chi connectivity index (χ1n) is 6.73. The van der Waals surface area contributed by atoms with E-state index in [0.29, 0.717) is 6.04 Å². The Morgan fingerprint density at radius 3 is 2.56 bits per heavy atom. The highest BCUT2D eigenvalue weighted by molar-refractivity contribution is 7.80. The van der Waals surface area contributed by atoms with Crippen molar-refractivity contribution in [2.24, 2.45) is 5.92 Å². The van der Waals surface area contributed by atoms with Crippen LogP contribution in [0, 0.1) is 5.92 Å². The molecule has 1 N–H and O–H groups in total. The smallest absolute Gasteiger partial charge is 0.169 e. The van der Waals surface area contributed by atoms with E-state index in [4.69, 9.17) is 21.7 Å². The highest BCUT2D eigenvalue weighted by Gasteiger charge is 2.32. The van der Waals surface area contributed by atoms with Crippen LogP contribution >= 0.6 is 12.2 Å². The molecule has 0 aromatic carbocycles. The maximum absolute atomic E-state index is 5.48. The third-order valence-electron chi connectivity index (χ3n) is 3.39. The summed E-state index contributed by atoms with van der Waals surface area (Å²) >= 11 is 5.48. The Hall–Kier alpha value is -0.390. The standard InChI is InChI=1S/C13H26N2O2S/c1-11(12-5-6-12)15(8-10-17-3)13(18)14-7-4-9-16-2/h11-12H,4-10H2,1-3H3,(H,14,18). The van der Waals surface area contributed by atoms with E-state index in [1.54, 1.807) is 14.2 Å². The molecule has 0 heterocycles. The summed E-state index contributed by atoms with van der Waals surface area (Å²) in [5, 5.41) is 4.16. The van der Waals surface area contributed by atoms with Gasteiger partial charge in [0.05, 0.1) is 6.61 Å². The van der Waals surface area contributed by atoms with Gasteiger partial charge in [0, 0.05) is 40.0 Å². The molecule has 0 aromatic rings. The molecule has 106 valence electrons. The van der Waals surface area contributed by atoms with Crippen LogP contribution in [0.1, 0.15) is 26.2 Å². The lowest BCUT2D eigenvalue weighted by Crippen LogP contribution is -2.47. The molecule has 0 spiro atoms. The van der Waals surface area contributed by atoms with Crippen LogP contribution in [-0.2, 0) is 9.47 Å². The molecule has 0 bridgehead atoms. The summed E-state index contributed by atoms with van der Waals surface area (Å²) in [6.45, 7) is 5.48. The molecule has 0 saturated heterocycles. The van der Waals surface area contributed by atoms with Crippen molar-refractivity contribution < 1.29 is 9.47 Å². The molecular formula is C13H26N2O2S. The van der Waals surface area contributed by atoms with Crippen molar-refractivity contribution in [3.8, 4) is 0 Å². The van der Waals surface area contributed by atoms with E-state index < -0.39 is 0 Å². The Labute approximate surface area is 116 Å². The molecule has 1 aliphatic rings. The van der Waals surface area contributed by atoms with Crippen LogP contribution in [-0.4, -0.2) is 56.6 Å². The zero-order valence-electron chi connectivity index (χ0n) is 11.8. The maximum atomic E-state index is 5.48. The molecule has 1 atom stereocenters. The van der Waals surface area contributed by atoms with Gasteiger partial charge in [-0.2, -0.15) is 0 Å². The zero-order chi connectivity index (χ0) is 13.4. The van der Waals surface area contributed by atoms with Crippen molar-refractivity contribution in [1.82, 2.24) is 10.2 Å². The molecule has 0 amide bonds. The van der Waals surface area contributed by atoms with E-state index in [9.17, 15) is 0 Å². The molecule has 1 aliphatic carbocycles. The summed E-state index contributed by atoms with van der Waals surface area (Å²) in [5.74, 6) is 0.806. The molecule has 1 rings (SSSR count). The van der Waals surface area contributed by atoms with E-state index in [2.05, 4.69) is 17.1 Å². The Balaban J connectivity index is 2.34. The number of hydrogen-bond donors (Lipinski definition) is 1. The van der Waals surface area contributed by atoms with Gasteiger partial charge >= 0.3 is 0 Å². The fourth-order valence-electron chi connectivity index (χ4n) is 2.03. The normalized spacial score (nSPS) is 16.4. The van der Waals surface area contributed by atoms with Crippen molar-refractivity contribution in [2.45, 2.75) is 32.2 Å². The van der Waals surface area contributed by atoms with E-state index in [0.717, 1.165) is 43.8 Å². The predicted octanol–water partition coefficient (Wildman–Crippen LogP) is 1.64. The van der Waals surface area contributed by atoms with Gasteiger partial charge in [-0.3, -0.25) is 0 Å². The highest BCUT2D eigenvalue weighted by Crippen LogP contribution is 2.35. The fraction of sp³-hybridized carbons (Fsp3) is 0.923. The van der Waals surface area contributed by atoms with E-state index in [1.165, 1.54) is 12.8 Å². The van der Waals surface area contributed by atoms with Gasteiger partial charge in [0.25, 0.3) is 0 Å². The molecule has 1 saturated carbocycles. The van der Waals surface area contributed by atoms with Gasteiger partial charge in [-0.1, -0.05) is 0 Å². The van der Waals surface area contributed by atoms with Crippen molar-refractivity contribution in [3.63, 3.8) is 0 Å². The predicted molar refractivity (Wildman–Crippen MR) is 77.9 cm³/mol. The van der Waals surface area contributed by atoms with Gasteiger partial charge in [-0.05, 0) is 44.3 Å². The Bertz CT molecular complexity index is 247. The number of hydrogen-bond acceptors (Lipinski definition) is 3. The second-order valence-electron chi connectivity index (χ2n) is 4.84. The van der Waals surface area contributed by atoms with Gasteiger partial charge in [-0.15, -0.1) is 0 Å². The second kappa shape index (κ2) is 8.67. The topological polar surface area (TPSA) is 33.7 Å². The van der Waals surface area contributed by atoms with Gasteiger partial charge in [0.2, 0.25) is 0 Å². The first-order valence-corrected chi connectivity index (χ1v) is 7.13. The van der Waals surface area contributed by atoms with Crippen LogP contribution in [0.5, 0.6) is 0 Å². The Kier molecular flexibility index (Phi) is 7.54. The molecule has 18 heavy (non-hydrogen) atoms. The van der Waals surface area contributed by atoms with Gasteiger partial charge < -0.3 is 19.7 Å². The van der Waals surface area contributed by atoms with Gasteiger partial charge in [0.15, 0.2) is 5.11 Å². The quantitative estimate of drug-likeness (QED) is 0.511. The maximum Gasteiger partial charge on any atom is 0.169 e. The van der Waals surface area contributed by atoms with Crippen LogP contribution in [0.2, 0.25) is 0 Å². The minimum absolute atomic E-state index is 0.516. The van der Waals surface area contributed by atoms with E-state index in [-0.39, 0.29) is 0 Å². The molecular weight excluding hydrogens is 248 g/mol. The van der Waals surface area contributed by atoms with Crippen molar-refractivity contribution >= 4 is 17.3 Å². The lowest BCUT2D eigenvalue weighted by molar-refractivity contribution is 0.158. The van der Waals surface area contributed by atoms with Crippen LogP contribution in [0.3, 0.4) is 0 Å². The summed E-state index contributed by atoms with van der Waals surface area (Å²) in [4.78, 5) is 2.27. The Morgan fingerprint density at radius 1 is 1.33 bits per heavy atom. The van der Waals surface area contributed by atoms with E-state index in [1.807, 2.05) is 0 Å². The first-order chi connectivity index (χ1) is 8.70. The number of thiocarbonyl (C=S) groups is 1. The van der Waals surface area contributed by atoms with Crippen molar-refractivity contribution in [3.05, 3.63) is 0 Å². The molecule has 1 fully saturated rings. The van der Waals surface area contributed by atoms with Gasteiger partial charge in [-0.25, -0.2) is 0 Å². The summed E-state index contributed by atoms with van der Waals surface area (Å²) < 4.78 is 10.2. The first kappa shape index (κ1) is 15.7. The molecule has 5 heteroatoms. The van der Waals surface area contributed by atoms with E-state index >= 15 is 0 Å². The molecule has 1 unspecified atom stereocenters. The fourth-order valence-corrected chi connectivity index (χ4v) is 2.39. The Morgan fingerprint density at radius 2 is 2.00 bits per heavy atom. The molecule has 4 nitrogen and oxygen atoms in total. The number of methoxy groups -OCH3 is 2. The van der Waals surface area contributed by atoms with Crippen LogP contribution < -0.4 is 5.32 Å². The minimum atomic E-state index is 0.516. The number of rotatable bonds is 9. The summed E-state index contributed by atoms with van der Waals surface area (Å²) in [6.07, 6.45) is 3.64. The number of nitrogens with one attached hydrogen (secondary N) is 1. The SMILES string of the molecule is COCCCNC(=S)N(CCOC)C(C)C1CC1. The average Bonchev–Trinajstić information content (AvgIpc) is 3.19. The second-order valence-corrected chi connectivity index (χ2v) is 5.23. The number of ether oxygens (including phenoxy) is 2. The molecule has 0 aromatic heterocycles. The highest BCUT2D eigenvalue weighted by atomic mass is 32.1. The summed E-state index contributed by atoms with van der Waals surface area (Å²) in [7, 11) is 3.45. The van der Waals surface area contributed by atoms with Crippen molar-refractivity contribution in [2.75, 3.05) is 40.5 Å². The summed E-state index contributed by atoms with van der Waals surface area (Å²) in [6, 6.07) is 0.516. The third kappa shape index (κ3) is 5.50. The van der Waals surface area contributed by atoms with Crippen LogP contribution in [0.4, 0.5) is 0 Å². The minimum Gasteiger partial charge on any atom is -0.385 e. The average molecular weight is 274 g/mol. The largest absolute Gasteiger partial charge is 0.385 e.